The summed E-state index contributed by atoms with van der Waals surface area (Å²) in [6, 6.07) is 11.2. The molecule has 26 heavy (non-hydrogen) atoms. The number of aliphatic hydroxyl groups is 1. The molecule has 1 aliphatic rings. The van der Waals surface area contributed by atoms with Gasteiger partial charge in [-0.2, -0.15) is 0 Å². The van der Waals surface area contributed by atoms with Gasteiger partial charge in [0.2, 0.25) is 5.91 Å². The van der Waals surface area contributed by atoms with Crippen molar-refractivity contribution in [3.8, 4) is 5.75 Å². The molecule has 0 saturated carbocycles. The van der Waals surface area contributed by atoms with E-state index >= 15 is 0 Å². The average molecular weight is 355 g/mol. The fraction of sp³-hybridized carbons (Fsp3) is 0.400. The third-order valence-corrected chi connectivity index (χ3v) is 4.68. The second-order valence-corrected chi connectivity index (χ2v) is 6.62. The van der Waals surface area contributed by atoms with Crippen molar-refractivity contribution < 1.29 is 14.6 Å². The molecule has 1 fully saturated rings. The number of amides is 1. The number of hydrogen-bond acceptors (Lipinski definition) is 5. The van der Waals surface area contributed by atoms with E-state index in [2.05, 4.69) is 15.2 Å². The van der Waals surface area contributed by atoms with E-state index < -0.39 is 6.10 Å². The van der Waals surface area contributed by atoms with Gasteiger partial charge in [-0.05, 0) is 24.1 Å². The minimum atomic E-state index is -0.581. The number of carbonyl (C=O) groups is 1. The minimum absolute atomic E-state index is 0.0979. The maximum Gasteiger partial charge on any atom is 0.224 e. The van der Waals surface area contributed by atoms with Crippen LogP contribution in [0.2, 0.25) is 0 Å². The third kappa shape index (κ3) is 4.80. The number of rotatable bonds is 6. The Hall–Kier alpha value is -2.44. The number of nitrogens with zero attached hydrogens (tertiary/aromatic N) is 2. The number of hydrogen-bond donors (Lipinski definition) is 2. The number of methoxy groups -OCH3 is 1. The third-order valence-electron chi connectivity index (χ3n) is 4.68. The molecular weight excluding hydrogens is 330 g/mol. The van der Waals surface area contributed by atoms with Crippen LogP contribution in [-0.4, -0.2) is 53.2 Å². The quantitative estimate of drug-likeness (QED) is 0.819. The summed E-state index contributed by atoms with van der Waals surface area (Å²) >= 11 is 0. The molecule has 2 heterocycles. The van der Waals surface area contributed by atoms with Crippen molar-refractivity contribution in [3.63, 3.8) is 0 Å². The number of aliphatic hydroxyl groups excluding tert-OH is 1. The lowest BCUT2D eigenvalue weighted by Gasteiger charge is -2.36. The fourth-order valence-corrected chi connectivity index (χ4v) is 3.34. The number of para-hydroxylation sites is 1. The zero-order valence-electron chi connectivity index (χ0n) is 15.0. The van der Waals surface area contributed by atoms with Gasteiger partial charge in [0.1, 0.15) is 5.75 Å². The van der Waals surface area contributed by atoms with Gasteiger partial charge in [-0.3, -0.25) is 14.7 Å². The van der Waals surface area contributed by atoms with Gasteiger partial charge < -0.3 is 15.2 Å². The molecule has 1 aromatic heterocycles. The first-order valence-corrected chi connectivity index (χ1v) is 8.86. The number of aromatic nitrogens is 1. The zero-order valence-corrected chi connectivity index (χ0v) is 15.0. The first kappa shape index (κ1) is 18.4. The van der Waals surface area contributed by atoms with Gasteiger partial charge in [-0.1, -0.05) is 24.3 Å². The van der Waals surface area contributed by atoms with E-state index in [1.807, 2.05) is 42.6 Å². The number of nitrogens with one attached hydrogen (secondary N) is 1. The highest BCUT2D eigenvalue weighted by molar-refractivity contribution is 5.79. The Morgan fingerprint density at radius 1 is 1.35 bits per heavy atom. The summed E-state index contributed by atoms with van der Waals surface area (Å²) in [4.78, 5) is 18.7. The van der Waals surface area contributed by atoms with Crippen LogP contribution in [0.15, 0.2) is 48.8 Å². The SMILES string of the molecule is COc1ccccc1CC(=O)NC1CCN(Cc2cccnc2)CC1O. The van der Waals surface area contributed by atoms with Crippen molar-refractivity contribution in [2.75, 3.05) is 20.2 Å². The van der Waals surface area contributed by atoms with E-state index in [4.69, 9.17) is 4.74 Å². The molecule has 2 N–H and O–H groups in total. The van der Waals surface area contributed by atoms with Crippen LogP contribution < -0.4 is 10.1 Å². The number of likely N-dealkylation sites (tertiary alicyclic amines) is 1. The second kappa shape index (κ2) is 8.78. The summed E-state index contributed by atoms with van der Waals surface area (Å²) in [5.74, 6) is 0.605. The van der Waals surface area contributed by atoms with Gasteiger partial charge in [-0.15, -0.1) is 0 Å². The van der Waals surface area contributed by atoms with Crippen LogP contribution >= 0.6 is 0 Å². The Bertz CT molecular complexity index is 723. The summed E-state index contributed by atoms with van der Waals surface area (Å²) < 4.78 is 5.29. The molecule has 0 aliphatic carbocycles. The largest absolute Gasteiger partial charge is 0.496 e. The van der Waals surface area contributed by atoms with E-state index in [1.54, 1.807) is 13.3 Å². The van der Waals surface area contributed by atoms with Crippen LogP contribution in [0.25, 0.3) is 0 Å². The second-order valence-electron chi connectivity index (χ2n) is 6.62. The Labute approximate surface area is 153 Å². The molecule has 3 rings (SSSR count). The molecule has 0 bridgehead atoms. The lowest BCUT2D eigenvalue weighted by atomic mass is 10.0. The molecule has 2 unspecified atom stereocenters. The molecule has 2 aromatic rings. The van der Waals surface area contributed by atoms with Gasteiger partial charge >= 0.3 is 0 Å². The minimum Gasteiger partial charge on any atom is -0.496 e. The zero-order chi connectivity index (χ0) is 18.4. The van der Waals surface area contributed by atoms with Gasteiger partial charge in [0.05, 0.1) is 25.7 Å². The number of β-amino-alcohol motifs (C(OH)–C–C–N with tert-alkyl or cyclic N) is 1. The van der Waals surface area contributed by atoms with Crippen molar-refractivity contribution in [2.24, 2.45) is 0 Å². The lowest BCUT2D eigenvalue weighted by Crippen LogP contribution is -2.54. The van der Waals surface area contributed by atoms with Crippen molar-refractivity contribution in [2.45, 2.75) is 31.5 Å². The first-order valence-electron chi connectivity index (χ1n) is 8.86. The smallest absolute Gasteiger partial charge is 0.224 e. The Morgan fingerprint density at radius 2 is 2.19 bits per heavy atom. The monoisotopic (exact) mass is 355 g/mol. The molecular formula is C20H25N3O3. The molecule has 138 valence electrons. The highest BCUT2D eigenvalue weighted by atomic mass is 16.5. The normalized spacial score (nSPS) is 20.5. The molecule has 6 heteroatoms. The Balaban J connectivity index is 1.51. The molecule has 1 aliphatic heterocycles. The van der Waals surface area contributed by atoms with E-state index in [-0.39, 0.29) is 18.4 Å². The molecule has 1 aromatic carbocycles. The molecule has 1 saturated heterocycles. The van der Waals surface area contributed by atoms with Crippen molar-refractivity contribution in [3.05, 3.63) is 59.9 Å². The molecule has 1 amide bonds. The van der Waals surface area contributed by atoms with Crippen LogP contribution in [0.5, 0.6) is 5.75 Å². The average Bonchev–Trinajstić information content (AvgIpc) is 2.65. The highest BCUT2D eigenvalue weighted by Gasteiger charge is 2.29. The molecule has 2 atom stereocenters. The van der Waals surface area contributed by atoms with Crippen LogP contribution in [0.4, 0.5) is 0 Å². The summed E-state index contributed by atoms with van der Waals surface area (Å²) in [6.45, 7) is 2.12. The van der Waals surface area contributed by atoms with Gasteiger partial charge in [0, 0.05) is 37.6 Å². The maximum absolute atomic E-state index is 12.4. The predicted molar refractivity (Wildman–Crippen MR) is 98.8 cm³/mol. The number of carbonyl (C=O) groups excluding carboxylic acids is 1. The molecule has 6 nitrogen and oxygen atoms in total. The number of ether oxygens (including phenoxy) is 1. The van der Waals surface area contributed by atoms with E-state index in [9.17, 15) is 9.90 Å². The molecule has 0 radical (unpaired) electrons. The Morgan fingerprint density at radius 3 is 2.92 bits per heavy atom. The number of piperidine rings is 1. The molecule has 0 spiro atoms. The topological polar surface area (TPSA) is 74.7 Å². The maximum atomic E-state index is 12.4. The fourth-order valence-electron chi connectivity index (χ4n) is 3.34. The lowest BCUT2D eigenvalue weighted by molar-refractivity contribution is -0.122. The first-order chi connectivity index (χ1) is 12.7. The van der Waals surface area contributed by atoms with Crippen molar-refractivity contribution >= 4 is 5.91 Å². The summed E-state index contributed by atoms with van der Waals surface area (Å²) in [6.07, 6.45) is 3.98. The van der Waals surface area contributed by atoms with E-state index in [0.29, 0.717) is 12.3 Å². The predicted octanol–water partition coefficient (Wildman–Crippen LogP) is 1.38. The summed E-state index contributed by atoms with van der Waals surface area (Å²) in [7, 11) is 1.60. The highest BCUT2D eigenvalue weighted by Crippen LogP contribution is 2.18. The standard InChI is InChI=1S/C20H25N3O3/c1-26-19-7-3-2-6-16(19)11-20(25)22-17-8-10-23(14-18(17)24)13-15-5-4-9-21-12-15/h2-7,9,12,17-18,24H,8,10-11,13-14H2,1H3,(H,22,25). The van der Waals surface area contributed by atoms with Crippen molar-refractivity contribution in [1.82, 2.24) is 15.2 Å². The van der Waals surface area contributed by atoms with Crippen LogP contribution in [0.3, 0.4) is 0 Å². The van der Waals surface area contributed by atoms with Crippen LogP contribution in [-0.2, 0) is 17.8 Å². The van der Waals surface area contributed by atoms with Gasteiger partial charge in [0.25, 0.3) is 0 Å². The summed E-state index contributed by atoms with van der Waals surface area (Å²) in [5.41, 5.74) is 1.97. The van der Waals surface area contributed by atoms with Crippen molar-refractivity contribution in [1.29, 1.82) is 0 Å². The van der Waals surface area contributed by atoms with Crippen LogP contribution in [0, 0.1) is 0 Å². The van der Waals surface area contributed by atoms with Gasteiger partial charge in [0.15, 0.2) is 0 Å². The summed E-state index contributed by atoms with van der Waals surface area (Å²) in [5, 5.41) is 13.4. The van der Waals surface area contributed by atoms with Gasteiger partial charge in [-0.25, -0.2) is 0 Å². The van der Waals surface area contributed by atoms with Crippen LogP contribution in [0.1, 0.15) is 17.5 Å². The number of benzene rings is 1. The van der Waals surface area contributed by atoms with E-state index in [0.717, 1.165) is 30.6 Å². The Kier molecular flexibility index (Phi) is 6.20. The van der Waals surface area contributed by atoms with E-state index in [1.165, 1.54) is 0 Å². The number of pyridine rings is 1.